The van der Waals surface area contributed by atoms with Crippen molar-refractivity contribution in [1.82, 2.24) is 5.32 Å². The fourth-order valence-corrected chi connectivity index (χ4v) is 10.2. The van der Waals surface area contributed by atoms with E-state index >= 15 is 0 Å². The van der Waals surface area contributed by atoms with Crippen LogP contribution in [0.2, 0.25) is 0 Å². The molecule has 65 heavy (non-hydrogen) atoms. The molecule has 0 aromatic carbocycles. The summed E-state index contributed by atoms with van der Waals surface area (Å²) in [5.41, 5.74) is 0. The quantitative estimate of drug-likeness (QED) is 0.0533. The number of hydrogen-bond acceptors (Lipinski definition) is 3. The first-order chi connectivity index (χ1) is 32.2. The number of hydrogen-bond donors (Lipinski definition) is 3. The Balaban J connectivity index is 3.38. The highest BCUT2D eigenvalue weighted by Gasteiger charge is 2.20. The lowest BCUT2D eigenvalue weighted by molar-refractivity contribution is -0.123. The van der Waals surface area contributed by atoms with Gasteiger partial charge < -0.3 is 15.5 Å². The van der Waals surface area contributed by atoms with Crippen LogP contribution in [0.1, 0.15) is 367 Å². The third kappa shape index (κ3) is 54.2. The summed E-state index contributed by atoms with van der Waals surface area (Å²) >= 11 is 0. The predicted octanol–water partition coefficient (Wildman–Crippen LogP) is 20.3. The zero-order chi connectivity index (χ0) is 47.0. The molecule has 0 rings (SSSR count). The van der Waals surface area contributed by atoms with Crippen molar-refractivity contribution in [2.45, 2.75) is 379 Å². The zero-order valence-electron chi connectivity index (χ0n) is 45.1. The van der Waals surface area contributed by atoms with Crippen molar-refractivity contribution in [3.8, 4) is 0 Å². The highest BCUT2D eigenvalue weighted by molar-refractivity contribution is 5.76. The number of unbranched alkanes of at least 4 members (excludes halogenated alkanes) is 51. The number of nitrogens with one attached hydrogen (secondary N) is 1. The maximum atomic E-state index is 12.5. The first kappa shape index (κ1) is 64.4. The monoisotopic (exact) mass is 918 g/mol. The molecule has 1 amide bonds. The first-order valence-electron chi connectivity index (χ1n) is 30.7. The van der Waals surface area contributed by atoms with Gasteiger partial charge in [0.05, 0.1) is 18.8 Å². The molecular weight excluding hydrogens is 795 g/mol. The fourth-order valence-electron chi connectivity index (χ4n) is 10.2. The fraction of sp³-hybridized carbons (Fsp3) is 0.984. The SMILES string of the molecule is CCCCCCCCCCCCCCCCCCCCCCCCCCCCCCCC(=O)NC(CO)C(O)CCCCCCCCCCCCCCCCCCCCCCCCCC. The summed E-state index contributed by atoms with van der Waals surface area (Å²) in [5, 5.41) is 23.4. The molecule has 0 spiro atoms. The van der Waals surface area contributed by atoms with Crippen LogP contribution in [0.15, 0.2) is 0 Å². The minimum absolute atomic E-state index is 0.0206. The van der Waals surface area contributed by atoms with Crippen LogP contribution in [-0.4, -0.2) is 34.9 Å². The van der Waals surface area contributed by atoms with Crippen molar-refractivity contribution in [3.63, 3.8) is 0 Å². The zero-order valence-corrected chi connectivity index (χ0v) is 45.1. The van der Waals surface area contributed by atoms with Crippen LogP contribution in [0.4, 0.5) is 0 Å². The van der Waals surface area contributed by atoms with E-state index in [1.165, 1.54) is 315 Å². The van der Waals surface area contributed by atoms with Crippen LogP contribution in [-0.2, 0) is 4.79 Å². The molecule has 3 N–H and O–H groups in total. The summed E-state index contributed by atoms with van der Waals surface area (Å²) in [4.78, 5) is 12.5. The molecule has 4 heteroatoms. The summed E-state index contributed by atoms with van der Waals surface area (Å²) < 4.78 is 0. The molecular formula is C61H123NO3. The lowest BCUT2D eigenvalue weighted by Gasteiger charge is -2.22. The maximum Gasteiger partial charge on any atom is 0.220 e. The van der Waals surface area contributed by atoms with Gasteiger partial charge in [-0.25, -0.2) is 0 Å². The van der Waals surface area contributed by atoms with Gasteiger partial charge >= 0.3 is 0 Å². The van der Waals surface area contributed by atoms with E-state index in [2.05, 4.69) is 19.2 Å². The van der Waals surface area contributed by atoms with Gasteiger partial charge in [-0.1, -0.05) is 348 Å². The summed E-state index contributed by atoms with van der Waals surface area (Å²) in [6.07, 6.45) is 74.1. The molecule has 0 aromatic heterocycles. The van der Waals surface area contributed by atoms with Crippen molar-refractivity contribution < 1.29 is 15.0 Å². The molecule has 0 heterocycles. The molecule has 0 aliphatic heterocycles. The van der Waals surface area contributed by atoms with Crippen LogP contribution in [0.5, 0.6) is 0 Å². The van der Waals surface area contributed by atoms with Gasteiger partial charge in [-0.3, -0.25) is 4.79 Å². The van der Waals surface area contributed by atoms with Gasteiger partial charge in [-0.2, -0.15) is 0 Å². The van der Waals surface area contributed by atoms with Crippen molar-refractivity contribution in [2.24, 2.45) is 0 Å². The minimum Gasteiger partial charge on any atom is -0.394 e. The number of rotatable bonds is 58. The molecule has 0 saturated heterocycles. The molecule has 0 bridgehead atoms. The molecule has 2 atom stereocenters. The number of aliphatic hydroxyl groups excluding tert-OH is 2. The van der Waals surface area contributed by atoms with E-state index < -0.39 is 12.1 Å². The van der Waals surface area contributed by atoms with Gasteiger partial charge in [0.2, 0.25) is 5.91 Å². The lowest BCUT2D eigenvalue weighted by Crippen LogP contribution is -2.45. The second kappa shape index (κ2) is 57.7. The predicted molar refractivity (Wildman–Crippen MR) is 290 cm³/mol. The average molecular weight is 919 g/mol. The van der Waals surface area contributed by atoms with E-state index in [1.807, 2.05) is 0 Å². The topological polar surface area (TPSA) is 69.6 Å². The highest BCUT2D eigenvalue weighted by atomic mass is 16.3. The summed E-state index contributed by atoms with van der Waals surface area (Å²) in [6.45, 7) is 4.41. The number of carbonyl (C=O) groups excluding carboxylic acids is 1. The summed E-state index contributed by atoms with van der Waals surface area (Å²) in [6, 6.07) is -0.532. The molecule has 0 aromatic rings. The van der Waals surface area contributed by atoms with Crippen molar-refractivity contribution in [2.75, 3.05) is 6.61 Å². The second-order valence-electron chi connectivity index (χ2n) is 21.5. The lowest BCUT2D eigenvalue weighted by atomic mass is 10.0. The Bertz CT molecular complexity index is 864. The van der Waals surface area contributed by atoms with E-state index in [0.29, 0.717) is 12.8 Å². The van der Waals surface area contributed by atoms with Crippen LogP contribution in [0, 0.1) is 0 Å². The van der Waals surface area contributed by atoms with Gasteiger partial charge in [0, 0.05) is 6.42 Å². The third-order valence-corrected chi connectivity index (χ3v) is 14.9. The van der Waals surface area contributed by atoms with Crippen molar-refractivity contribution in [3.05, 3.63) is 0 Å². The molecule has 0 aliphatic carbocycles. The minimum atomic E-state index is -0.655. The first-order valence-corrected chi connectivity index (χ1v) is 30.7. The summed E-state index contributed by atoms with van der Waals surface area (Å²) in [7, 11) is 0. The number of aliphatic hydroxyl groups is 2. The molecule has 0 fully saturated rings. The molecule has 4 nitrogen and oxygen atoms in total. The van der Waals surface area contributed by atoms with Gasteiger partial charge in [0.25, 0.3) is 0 Å². The maximum absolute atomic E-state index is 12.5. The highest BCUT2D eigenvalue weighted by Crippen LogP contribution is 2.19. The van der Waals surface area contributed by atoms with Crippen molar-refractivity contribution in [1.29, 1.82) is 0 Å². The molecule has 2 unspecified atom stereocenters. The standard InChI is InChI=1S/C61H123NO3/c1-3-5-7-9-11-13-15-17-19-21-23-25-27-29-30-31-32-33-35-37-39-41-43-45-47-49-51-53-55-57-61(65)62-59(58-63)60(64)56-54-52-50-48-46-44-42-40-38-36-34-28-26-24-22-20-18-16-14-12-10-8-6-4-2/h59-60,63-64H,3-58H2,1-2H3,(H,62,65). The van der Waals surface area contributed by atoms with Gasteiger partial charge in [-0.05, 0) is 12.8 Å². The van der Waals surface area contributed by atoms with E-state index in [1.54, 1.807) is 0 Å². The van der Waals surface area contributed by atoms with Crippen molar-refractivity contribution >= 4 is 5.91 Å². The second-order valence-corrected chi connectivity index (χ2v) is 21.5. The summed E-state index contributed by atoms with van der Waals surface area (Å²) in [5.74, 6) is -0.0206. The Hall–Kier alpha value is -0.610. The number of amides is 1. The molecule has 0 saturated carbocycles. The van der Waals surface area contributed by atoms with E-state index in [4.69, 9.17) is 0 Å². The average Bonchev–Trinajstić information content (AvgIpc) is 3.31. The Labute approximate surface area is 410 Å². The molecule has 0 radical (unpaired) electrons. The normalized spacial score (nSPS) is 12.6. The smallest absolute Gasteiger partial charge is 0.220 e. The van der Waals surface area contributed by atoms with Crippen LogP contribution < -0.4 is 5.32 Å². The third-order valence-electron chi connectivity index (χ3n) is 14.9. The van der Waals surface area contributed by atoms with E-state index in [9.17, 15) is 15.0 Å². The Morgan fingerprint density at radius 3 is 0.692 bits per heavy atom. The van der Waals surface area contributed by atoms with Gasteiger partial charge in [0.15, 0.2) is 0 Å². The van der Waals surface area contributed by atoms with E-state index in [0.717, 1.165) is 25.7 Å². The molecule has 0 aliphatic rings. The van der Waals surface area contributed by atoms with Crippen LogP contribution >= 0.6 is 0 Å². The Morgan fingerprint density at radius 2 is 0.492 bits per heavy atom. The Kier molecular flexibility index (Phi) is 57.2. The van der Waals surface area contributed by atoms with Gasteiger partial charge in [0.1, 0.15) is 0 Å². The number of carbonyl (C=O) groups is 1. The largest absolute Gasteiger partial charge is 0.394 e. The van der Waals surface area contributed by atoms with Gasteiger partial charge in [-0.15, -0.1) is 0 Å². The van der Waals surface area contributed by atoms with Crippen LogP contribution in [0.3, 0.4) is 0 Å². The Morgan fingerprint density at radius 1 is 0.308 bits per heavy atom. The van der Waals surface area contributed by atoms with Crippen LogP contribution in [0.25, 0.3) is 0 Å². The molecule has 390 valence electrons. The van der Waals surface area contributed by atoms with E-state index in [-0.39, 0.29) is 12.5 Å².